The summed E-state index contributed by atoms with van der Waals surface area (Å²) in [6, 6.07) is 0. The van der Waals surface area contributed by atoms with Crippen molar-refractivity contribution in [3.8, 4) is 0 Å². The first-order valence-corrected chi connectivity index (χ1v) is 8.95. The quantitative estimate of drug-likeness (QED) is 0.438. The van der Waals surface area contributed by atoms with Crippen molar-refractivity contribution in [2.24, 2.45) is 0 Å². The summed E-state index contributed by atoms with van der Waals surface area (Å²) < 4.78 is 42.5. The lowest BCUT2D eigenvalue weighted by molar-refractivity contribution is -0.173. The Bertz CT molecular complexity index is 848. The molecule has 0 bridgehead atoms. The average molecular weight is 421 g/mol. The van der Waals surface area contributed by atoms with Gasteiger partial charge < -0.3 is 20.3 Å². The van der Waals surface area contributed by atoms with E-state index < -0.39 is 41.8 Å². The molecule has 3 atom stereocenters. The lowest BCUT2D eigenvalue weighted by Gasteiger charge is -2.17. The Morgan fingerprint density at radius 3 is 2.72 bits per heavy atom. The number of aliphatic hydroxyl groups excluding tert-OH is 2. The van der Waals surface area contributed by atoms with Crippen molar-refractivity contribution in [3.63, 3.8) is 0 Å². The topological polar surface area (TPSA) is 134 Å². The molecule has 1 aromatic rings. The molecule has 1 fully saturated rings. The zero-order valence-corrected chi connectivity index (χ0v) is 15.3. The highest BCUT2D eigenvalue weighted by atomic mass is 19.4. The maximum Gasteiger partial charge on any atom is 0.471 e. The molecule has 9 nitrogen and oxygen atoms in total. The number of carbonyl (C=O) groups excluding carboxylic acids is 1. The zero-order chi connectivity index (χ0) is 21.6. The molecule has 12 heteroatoms. The van der Waals surface area contributed by atoms with Crippen molar-refractivity contribution >= 4 is 12.0 Å². The fraction of sp³-hybridized carbons (Fsp3) is 0.588. The molecule has 0 spiro atoms. The van der Waals surface area contributed by atoms with E-state index in [1.165, 1.54) is 12.3 Å². The van der Waals surface area contributed by atoms with Gasteiger partial charge in [-0.3, -0.25) is 19.1 Å². The van der Waals surface area contributed by atoms with E-state index in [1.807, 2.05) is 0 Å². The molecule has 1 aromatic heterocycles. The summed E-state index contributed by atoms with van der Waals surface area (Å²) in [7, 11) is 0. The van der Waals surface area contributed by atoms with Crippen LogP contribution in [-0.2, 0) is 9.53 Å². The Balaban J connectivity index is 1.92. The van der Waals surface area contributed by atoms with Crippen LogP contribution < -0.4 is 16.6 Å². The highest BCUT2D eigenvalue weighted by Crippen LogP contribution is 2.27. The van der Waals surface area contributed by atoms with E-state index in [4.69, 9.17) is 9.84 Å². The standard InChI is InChI=1S/C17H22F3N3O6/c18-17(19,20)15(27)21-6-4-2-1-3-5-10-8-23(16(28)22-13(10)26)14-12(25)7-11(9-24)29-14/h3,5,8,11-12,14,24-25H,1-2,4,6-7,9H2,(H,21,27)(H,22,26,28)/t11-,12+,14+/m0/s1. The number of allylic oxidation sites excluding steroid dienone is 1. The fourth-order valence-electron chi connectivity index (χ4n) is 2.81. The van der Waals surface area contributed by atoms with Gasteiger partial charge >= 0.3 is 17.8 Å². The molecule has 0 saturated carbocycles. The van der Waals surface area contributed by atoms with Crippen LogP contribution in [0.5, 0.6) is 0 Å². The van der Waals surface area contributed by atoms with Crippen LogP contribution in [0.1, 0.15) is 37.5 Å². The van der Waals surface area contributed by atoms with Crippen molar-refractivity contribution in [2.75, 3.05) is 13.2 Å². The number of aliphatic hydroxyl groups is 2. The van der Waals surface area contributed by atoms with Gasteiger partial charge in [0.25, 0.3) is 5.56 Å². The summed E-state index contributed by atoms with van der Waals surface area (Å²) in [6.07, 6.45) is -1.97. The Labute approximate surface area is 162 Å². The SMILES string of the molecule is O=C(NCCCCC=Cc1cn([C@@H]2O[C@H](CO)C[C@H]2O)c(=O)[nH]c1=O)C(F)(F)F. The third-order valence-electron chi connectivity index (χ3n) is 4.28. The van der Waals surface area contributed by atoms with E-state index in [0.717, 1.165) is 4.57 Å². The summed E-state index contributed by atoms with van der Waals surface area (Å²) in [4.78, 5) is 36.7. The van der Waals surface area contributed by atoms with Crippen LogP contribution in [0.25, 0.3) is 6.08 Å². The molecule has 1 saturated heterocycles. The number of amides is 1. The summed E-state index contributed by atoms with van der Waals surface area (Å²) in [5.74, 6) is -1.98. The number of hydrogen-bond acceptors (Lipinski definition) is 6. The molecule has 1 aliphatic rings. The largest absolute Gasteiger partial charge is 0.471 e. The number of carbonyl (C=O) groups is 1. The van der Waals surface area contributed by atoms with E-state index in [-0.39, 0.29) is 25.1 Å². The van der Waals surface area contributed by atoms with Crippen LogP contribution in [-0.4, -0.2) is 57.2 Å². The van der Waals surface area contributed by atoms with E-state index in [1.54, 1.807) is 11.4 Å². The lowest BCUT2D eigenvalue weighted by atomic mass is 10.2. The summed E-state index contributed by atoms with van der Waals surface area (Å²) in [6.45, 7) is -0.442. The molecule has 0 unspecified atom stereocenters. The second-order valence-corrected chi connectivity index (χ2v) is 6.54. The van der Waals surface area contributed by atoms with Crippen molar-refractivity contribution in [1.29, 1.82) is 0 Å². The molecule has 4 N–H and O–H groups in total. The molecule has 1 aliphatic heterocycles. The van der Waals surface area contributed by atoms with Gasteiger partial charge in [-0.1, -0.05) is 12.2 Å². The molecule has 2 heterocycles. The predicted molar refractivity (Wildman–Crippen MR) is 94.9 cm³/mol. The minimum absolute atomic E-state index is 0.123. The van der Waals surface area contributed by atoms with Crippen molar-refractivity contribution in [3.05, 3.63) is 38.7 Å². The van der Waals surface area contributed by atoms with Gasteiger partial charge in [0.05, 0.1) is 18.3 Å². The summed E-state index contributed by atoms with van der Waals surface area (Å²) in [5.41, 5.74) is -1.29. The molecular weight excluding hydrogens is 399 g/mol. The third-order valence-corrected chi connectivity index (χ3v) is 4.28. The van der Waals surface area contributed by atoms with Crippen LogP contribution in [0.4, 0.5) is 13.2 Å². The molecule has 162 valence electrons. The number of alkyl halides is 3. The molecule has 0 aromatic carbocycles. The van der Waals surface area contributed by atoms with E-state index >= 15 is 0 Å². The number of rotatable bonds is 8. The van der Waals surface area contributed by atoms with Gasteiger partial charge in [0.1, 0.15) is 6.10 Å². The number of aromatic amines is 1. The fourth-order valence-corrected chi connectivity index (χ4v) is 2.81. The van der Waals surface area contributed by atoms with Gasteiger partial charge in [0.2, 0.25) is 0 Å². The Hall–Kier alpha value is -2.44. The number of H-pyrrole nitrogens is 1. The number of unbranched alkanes of at least 4 members (excludes halogenated alkanes) is 2. The average Bonchev–Trinajstić information content (AvgIpc) is 3.02. The lowest BCUT2D eigenvalue weighted by Crippen LogP contribution is -2.37. The Morgan fingerprint density at radius 2 is 2.10 bits per heavy atom. The van der Waals surface area contributed by atoms with Crippen molar-refractivity contribution in [2.45, 2.75) is 50.3 Å². The van der Waals surface area contributed by atoms with Crippen LogP contribution in [0.15, 0.2) is 21.9 Å². The van der Waals surface area contributed by atoms with Crippen molar-refractivity contribution < 1.29 is 32.9 Å². The molecule has 29 heavy (non-hydrogen) atoms. The maximum absolute atomic E-state index is 12.0. The first-order valence-electron chi connectivity index (χ1n) is 8.95. The number of aromatic nitrogens is 2. The minimum Gasteiger partial charge on any atom is -0.394 e. The summed E-state index contributed by atoms with van der Waals surface area (Å²) >= 11 is 0. The maximum atomic E-state index is 12.0. The van der Waals surface area contributed by atoms with Crippen LogP contribution >= 0.6 is 0 Å². The highest BCUT2D eigenvalue weighted by Gasteiger charge is 2.38. The van der Waals surface area contributed by atoms with Gasteiger partial charge in [0, 0.05) is 19.2 Å². The number of ether oxygens (including phenoxy) is 1. The van der Waals surface area contributed by atoms with E-state index in [9.17, 15) is 32.7 Å². The smallest absolute Gasteiger partial charge is 0.394 e. The minimum atomic E-state index is -4.90. The van der Waals surface area contributed by atoms with Crippen molar-refractivity contribution in [1.82, 2.24) is 14.9 Å². The number of hydrogen-bond donors (Lipinski definition) is 4. The normalized spacial score (nSPS) is 22.3. The van der Waals surface area contributed by atoms with Crippen LogP contribution in [0.2, 0.25) is 0 Å². The first-order chi connectivity index (χ1) is 13.6. The van der Waals surface area contributed by atoms with Gasteiger partial charge in [-0.15, -0.1) is 0 Å². The van der Waals surface area contributed by atoms with Gasteiger partial charge in [-0.2, -0.15) is 13.2 Å². The highest BCUT2D eigenvalue weighted by molar-refractivity contribution is 5.81. The molecule has 1 amide bonds. The van der Waals surface area contributed by atoms with E-state index in [0.29, 0.717) is 19.3 Å². The third kappa shape index (κ3) is 6.27. The van der Waals surface area contributed by atoms with Crippen LogP contribution in [0.3, 0.4) is 0 Å². The Morgan fingerprint density at radius 1 is 1.38 bits per heavy atom. The Kier molecular flexibility index (Phi) is 7.76. The second kappa shape index (κ2) is 9.85. The monoisotopic (exact) mass is 421 g/mol. The zero-order valence-electron chi connectivity index (χ0n) is 15.3. The second-order valence-electron chi connectivity index (χ2n) is 6.54. The first kappa shape index (κ1) is 22.8. The molecule has 0 aliphatic carbocycles. The van der Waals surface area contributed by atoms with Gasteiger partial charge in [0.15, 0.2) is 6.23 Å². The molecule has 2 rings (SSSR count). The predicted octanol–water partition coefficient (Wildman–Crippen LogP) is 0.0393. The molecule has 0 radical (unpaired) electrons. The van der Waals surface area contributed by atoms with Crippen LogP contribution in [0, 0.1) is 0 Å². The number of nitrogens with zero attached hydrogens (tertiary/aromatic N) is 1. The van der Waals surface area contributed by atoms with Gasteiger partial charge in [-0.05, 0) is 19.3 Å². The molecular formula is C17H22F3N3O6. The summed E-state index contributed by atoms with van der Waals surface area (Å²) in [5, 5.41) is 20.9. The van der Waals surface area contributed by atoms with Gasteiger partial charge in [-0.25, -0.2) is 4.79 Å². The number of nitrogens with one attached hydrogen (secondary N) is 2. The number of halogens is 3. The van der Waals surface area contributed by atoms with E-state index in [2.05, 4.69) is 4.98 Å².